The van der Waals surface area contributed by atoms with Crippen molar-refractivity contribution in [3.8, 4) is 6.26 Å². The predicted octanol–water partition coefficient (Wildman–Crippen LogP) is 1.36. The molecule has 0 saturated carbocycles. The highest BCUT2D eigenvalue weighted by molar-refractivity contribution is 8.06. The van der Waals surface area contributed by atoms with Gasteiger partial charge in [-0.15, -0.1) is 5.26 Å². The topological polar surface area (TPSA) is 106 Å². The summed E-state index contributed by atoms with van der Waals surface area (Å²) in [6.45, 7) is -3.81. The zero-order valence-corrected chi connectivity index (χ0v) is 10.7. The van der Waals surface area contributed by atoms with Crippen molar-refractivity contribution in [1.82, 2.24) is 0 Å². The van der Waals surface area contributed by atoms with Crippen LogP contribution in [-0.4, -0.2) is 20.9 Å². The molecule has 0 spiro atoms. The molecular formula is C8H8ClN2O4PS. The minimum absolute atomic E-state index is 0.572. The van der Waals surface area contributed by atoms with Gasteiger partial charge in [0.2, 0.25) is 0 Å². The lowest BCUT2D eigenvalue weighted by molar-refractivity contribution is 0.293. The number of oxime groups is 1. The number of hydrogen-bond donors (Lipinski definition) is 3. The number of nitrogens with zero attached hydrogens (tertiary/aromatic N) is 2. The lowest BCUT2D eigenvalue weighted by Gasteiger charge is -1.93. The first-order valence-electron chi connectivity index (χ1n) is 3.96. The highest BCUT2D eigenvalue weighted by Gasteiger charge is 1.93. The van der Waals surface area contributed by atoms with Gasteiger partial charge in [0.1, 0.15) is 0 Å². The average Bonchev–Trinajstić information content (AvgIpc) is 2.19. The molecule has 0 aliphatic rings. The van der Waals surface area contributed by atoms with Gasteiger partial charge in [-0.25, -0.2) is 0 Å². The summed E-state index contributed by atoms with van der Waals surface area (Å²) in [7, 11) is 0. The summed E-state index contributed by atoms with van der Waals surface area (Å²) in [5, 5.41) is 11.9. The fourth-order valence-electron chi connectivity index (χ4n) is 0.686. The summed E-state index contributed by atoms with van der Waals surface area (Å²) in [5.41, 5.74) is 0.717. The van der Waals surface area contributed by atoms with E-state index in [0.717, 1.165) is 5.56 Å². The van der Waals surface area contributed by atoms with Crippen LogP contribution in [0, 0.1) is 11.5 Å². The van der Waals surface area contributed by atoms with Crippen molar-refractivity contribution in [3.63, 3.8) is 0 Å². The zero-order valence-electron chi connectivity index (χ0n) is 8.26. The van der Waals surface area contributed by atoms with E-state index in [-0.39, 0.29) is 0 Å². The van der Waals surface area contributed by atoms with Gasteiger partial charge in [0, 0.05) is 10.6 Å². The first-order valence-corrected chi connectivity index (χ1v) is 6.99. The molecule has 0 aromatic heterocycles. The average molecular weight is 295 g/mol. The van der Waals surface area contributed by atoms with Crippen LogP contribution in [0.3, 0.4) is 0 Å². The molecule has 1 aromatic carbocycles. The standard InChI is InChI=1S/C8H5ClN2O.H3O3PS/c9-8-4-2-1-3-7(8)5-11-12-6-10;1-4(2,3)5/h1-5H;(H3,1,2,3,5)/b11-5-;. The molecule has 1 rings (SSSR count). The lowest BCUT2D eigenvalue weighted by Crippen LogP contribution is -1.81. The highest BCUT2D eigenvalue weighted by atomic mass is 35.5. The van der Waals surface area contributed by atoms with Crippen LogP contribution in [0.4, 0.5) is 0 Å². The van der Waals surface area contributed by atoms with Crippen molar-refractivity contribution in [2.75, 3.05) is 0 Å². The summed E-state index contributed by atoms with van der Waals surface area (Å²) >= 11 is 9.38. The van der Waals surface area contributed by atoms with E-state index in [1.807, 2.05) is 12.1 Å². The normalized spacial score (nSPS) is 10.3. The van der Waals surface area contributed by atoms with Crippen molar-refractivity contribution in [3.05, 3.63) is 34.9 Å². The Morgan fingerprint density at radius 1 is 1.41 bits per heavy atom. The molecule has 92 valence electrons. The van der Waals surface area contributed by atoms with Gasteiger partial charge in [-0.2, -0.15) is 0 Å². The molecule has 0 radical (unpaired) electrons. The molecule has 17 heavy (non-hydrogen) atoms. The second kappa shape index (κ2) is 8.14. The van der Waals surface area contributed by atoms with E-state index in [9.17, 15) is 0 Å². The van der Waals surface area contributed by atoms with Crippen LogP contribution in [0.15, 0.2) is 29.4 Å². The third-order valence-electron chi connectivity index (χ3n) is 1.19. The van der Waals surface area contributed by atoms with Crippen LogP contribution < -0.4 is 0 Å². The van der Waals surface area contributed by atoms with Gasteiger partial charge in [-0.1, -0.05) is 35.0 Å². The quantitative estimate of drug-likeness (QED) is 0.329. The predicted molar refractivity (Wildman–Crippen MR) is 66.7 cm³/mol. The maximum Gasteiger partial charge on any atom is 0.319 e. The number of benzene rings is 1. The first kappa shape index (κ1) is 16.0. The Hall–Kier alpha value is -1.000. The van der Waals surface area contributed by atoms with Crippen molar-refractivity contribution < 1.29 is 19.5 Å². The summed E-state index contributed by atoms with van der Waals surface area (Å²) in [4.78, 5) is 26.8. The first-order chi connectivity index (χ1) is 7.84. The number of halogens is 1. The van der Waals surface area contributed by atoms with E-state index < -0.39 is 6.72 Å². The van der Waals surface area contributed by atoms with Gasteiger partial charge in [0.25, 0.3) is 0 Å². The van der Waals surface area contributed by atoms with Crippen LogP contribution in [-0.2, 0) is 16.6 Å². The molecule has 6 nitrogen and oxygen atoms in total. The number of nitriles is 1. The maximum absolute atomic E-state index is 7.99. The van der Waals surface area contributed by atoms with Crippen LogP contribution in [0.25, 0.3) is 0 Å². The number of hydrogen-bond acceptors (Lipinski definition) is 4. The van der Waals surface area contributed by atoms with E-state index in [4.69, 9.17) is 31.5 Å². The molecule has 0 fully saturated rings. The van der Waals surface area contributed by atoms with Gasteiger partial charge in [0.05, 0.1) is 6.21 Å². The van der Waals surface area contributed by atoms with Gasteiger partial charge < -0.3 is 14.7 Å². The minimum Gasteiger partial charge on any atom is -0.325 e. The highest BCUT2D eigenvalue weighted by Crippen LogP contribution is 2.26. The minimum atomic E-state index is -3.81. The Bertz CT molecular complexity index is 463. The monoisotopic (exact) mass is 294 g/mol. The Morgan fingerprint density at radius 2 is 1.94 bits per heavy atom. The molecule has 0 amide bonds. The Kier molecular flexibility index (Phi) is 7.66. The Labute approximate surface area is 108 Å². The summed E-state index contributed by atoms with van der Waals surface area (Å²) in [5.74, 6) is 0. The van der Waals surface area contributed by atoms with Gasteiger partial charge >= 0.3 is 13.0 Å². The molecule has 9 heteroatoms. The van der Waals surface area contributed by atoms with E-state index in [2.05, 4.69) is 21.8 Å². The summed E-state index contributed by atoms with van der Waals surface area (Å²) in [6.07, 6.45) is 2.80. The van der Waals surface area contributed by atoms with Crippen LogP contribution in [0.1, 0.15) is 5.56 Å². The second-order valence-corrected chi connectivity index (χ2v) is 5.36. The van der Waals surface area contributed by atoms with Crippen LogP contribution >= 0.6 is 18.3 Å². The molecule has 0 aliphatic carbocycles. The van der Waals surface area contributed by atoms with Crippen LogP contribution in [0.5, 0.6) is 0 Å². The van der Waals surface area contributed by atoms with Crippen molar-refractivity contribution in [2.45, 2.75) is 0 Å². The Morgan fingerprint density at radius 3 is 2.41 bits per heavy atom. The van der Waals surface area contributed by atoms with Crippen LogP contribution in [0.2, 0.25) is 5.02 Å². The lowest BCUT2D eigenvalue weighted by atomic mass is 10.2. The molecule has 0 bridgehead atoms. The third-order valence-corrected chi connectivity index (χ3v) is 1.53. The fourth-order valence-corrected chi connectivity index (χ4v) is 0.871. The molecule has 0 heterocycles. The van der Waals surface area contributed by atoms with E-state index in [1.165, 1.54) is 12.5 Å². The van der Waals surface area contributed by atoms with Crippen molar-refractivity contribution in [2.24, 2.45) is 5.16 Å². The molecule has 3 N–H and O–H groups in total. The molecule has 0 atom stereocenters. The third kappa shape index (κ3) is 11.3. The summed E-state index contributed by atoms with van der Waals surface area (Å²) < 4.78 is 0. The van der Waals surface area contributed by atoms with E-state index in [1.54, 1.807) is 12.1 Å². The van der Waals surface area contributed by atoms with Gasteiger partial charge in [-0.3, -0.25) is 4.84 Å². The maximum atomic E-state index is 7.99. The second-order valence-electron chi connectivity index (χ2n) is 2.45. The smallest absolute Gasteiger partial charge is 0.319 e. The zero-order chi connectivity index (χ0) is 13.3. The summed E-state index contributed by atoms with van der Waals surface area (Å²) in [6, 6.07) is 7.13. The molecular weight excluding hydrogens is 287 g/mol. The largest absolute Gasteiger partial charge is 0.325 e. The van der Waals surface area contributed by atoms with Gasteiger partial charge in [0.15, 0.2) is 0 Å². The van der Waals surface area contributed by atoms with E-state index >= 15 is 0 Å². The van der Waals surface area contributed by atoms with E-state index in [0.29, 0.717) is 5.02 Å². The SMILES string of the molecule is N#CO/N=C\c1ccccc1Cl.OP(O)(O)=S. The van der Waals surface area contributed by atoms with Crippen molar-refractivity contribution >= 4 is 36.3 Å². The molecule has 0 unspecified atom stereocenters. The molecule has 0 aliphatic heterocycles. The Balaban J connectivity index is 0.000000437. The van der Waals surface area contributed by atoms with Crippen molar-refractivity contribution in [1.29, 1.82) is 5.26 Å². The number of rotatable bonds is 2. The van der Waals surface area contributed by atoms with Gasteiger partial charge in [-0.05, 0) is 17.9 Å². The fraction of sp³-hybridized carbons (Fsp3) is 0. The molecule has 1 aromatic rings. The molecule has 0 saturated heterocycles.